The van der Waals surface area contributed by atoms with E-state index in [1.54, 1.807) is 7.11 Å². The summed E-state index contributed by atoms with van der Waals surface area (Å²) < 4.78 is 23.0. The monoisotopic (exact) mass is 404 g/mol. The third-order valence-corrected chi connectivity index (χ3v) is 7.03. The molecule has 1 aliphatic heterocycles. The van der Waals surface area contributed by atoms with E-state index in [0.717, 1.165) is 36.8 Å². The molecule has 0 amide bonds. The van der Waals surface area contributed by atoms with Crippen molar-refractivity contribution in [1.82, 2.24) is 0 Å². The second-order valence-electron chi connectivity index (χ2n) is 8.69. The average molecular weight is 405 g/mol. The number of methoxy groups -OCH3 is 1. The lowest BCUT2D eigenvalue weighted by Crippen LogP contribution is -2.53. The minimum absolute atomic E-state index is 0.328. The highest BCUT2D eigenvalue weighted by atomic mass is 16.9. The summed E-state index contributed by atoms with van der Waals surface area (Å²) in [5, 5.41) is 9.25. The fourth-order valence-electron chi connectivity index (χ4n) is 5.91. The van der Waals surface area contributed by atoms with Crippen LogP contribution in [0.15, 0.2) is 12.1 Å². The second-order valence-corrected chi connectivity index (χ2v) is 8.69. The van der Waals surface area contributed by atoms with Crippen molar-refractivity contribution in [1.29, 1.82) is 0 Å². The molecule has 3 aliphatic rings. The third-order valence-electron chi connectivity index (χ3n) is 7.03. The molecule has 2 fully saturated rings. The molecule has 0 spiro atoms. The smallest absolute Gasteiger partial charge is 0.497 e. The van der Waals surface area contributed by atoms with Gasteiger partial charge >= 0.3 is 12.6 Å². The number of aryl methyl sites for hydroxylation is 1. The lowest BCUT2D eigenvalue weighted by molar-refractivity contribution is -0.324. The van der Waals surface area contributed by atoms with Crippen LogP contribution in [0.1, 0.15) is 75.3 Å². The Morgan fingerprint density at radius 1 is 1.03 bits per heavy atom. The normalized spacial score (nSPS) is 25.0. The van der Waals surface area contributed by atoms with Gasteiger partial charge in [-0.3, -0.25) is 4.74 Å². The Morgan fingerprint density at radius 3 is 2.14 bits per heavy atom. The molecule has 2 aliphatic carbocycles. The number of hydrogen-bond donors (Lipinski definition) is 1. The van der Waals surface area contributed by atoms with Gasteiger partial charge in [0.1, 0.15) is 17.1 Å². The first-order valence-electron chi connectivity index (χ1n) is 11.0. The van der Waals surface area contributed by atoms with Crippen LogP contribution in [0, 0.1) is 18.8 Å². The predicted octanol–water partition coefficient (Wildman–Crippen LogP) is 5.75. The van der Waals surface area contributed by atoms with E-state index in [1.807, 2.05) is 12.1 Å². The van der Waals surface area contributed by atoms with Crippen molar-refractivity contribution in [3.05, 3.63) is 23.3 Å². The van der Waals surface area contributed by atoms with Crippen LogP contribution in [0.2, 0.25) is 0 Å². The fourth-order valence-corrected chi connectivity index (χ4v) is 5.91. The minimum Gasteiger partial charge on any atom is -0.497 e. The van der Waals surface area contributed by atoms with E-state index in [1.165, 1.54) is 38.5 Å². The quantitative estimate of drug-likeness (QED) is 0.644. The molecule has 4 rings (SSSR count). The first kappa shape index (κ1) is 20.3. The SMILES string of the molecule is COc1cc(C)c2c(c1)OC(OC(=O)O)OC2(C1CCCCC1)C1CCCCC1. The fraction of sp³-hybridized carbons (Fsp3) is 0.696. The predicted molar refractivity (Wildman–Crippen MR) is 107 cm³/mol. The molecule has 29 heavy (non-hydrogen) atoms. The summed E-state index contributed by atoms with van der Waals surface area (Å²) in [5.74, 6) is 1.98. The standard InChI is InChI=1S/C23H32O6/c1-15-13-18(26-2)14-19-20(15)23(16-9-5-3-6-10-16,17-11-7-4-8-12-17)29-22(27-19)28-21(24)25/h13-14,16-17,22H,3-12H2,1-2H3,(H,24,25). The molecule has 6 nitrogen and oxygen atoms in total. The van der Waals surface area contributed by atoms with Crippen LogP contribution >= 0.6 is 0 Å². The van der Waals surface area contributed by atoms with Gasteiger partial charge in [0.15, 0.2) is 0 Å². The molecule has 1 N–H and O–H groups in total. The van der Waals surface area contributed by atoms with Gasteiger partial charge in [-0.05, 0) is 56.1 Å². The Morgan fingerprint density at radius 2 is 1.62 bits per heavy atom. The molecule has 1 aromatic carbocycles. The van der Waals surface area contributed by atoms with Gasteiger partial charge in [0.2, 0.25) is 0 Å². The van der Waals surface area contributed by atoms with Gasteiger partial charge in [0.25, 0.3) is 0 Å². The summed E-state index contributed by atoms with van der Waals surface area (Å²) in [6.45, 7) is 0.822. The lowest BCUT2D eigenvalue weighted by Gasteiger charge is -2.52. The van der Waals surface area contributed by atoms with E-state index in [4.69, 9.17) is 18.9 Å². The topological polar surface area (TPSA) is 74.2 Å². The zero-order chi connectivity index (χ0) is 20.4. The van der Waals surface area contributed by atoms with Crippen LogP contribution in [0.4, 0.5) is 4.79 Å². The van der Waals surface area contributed by atoms with E-state index >= 15 is 0 Å². The molecule has 0 radical (unpaired) electrons. The molecule has 160 valence electrons. The van der Waals surface area contributed by atoms with Gasteiger partial charge in [0, 0.05) is 11.6 Å². The van der Waals surface area contributed by atoms with E-state index < -0.39 is 18.2 Å². The molecule has 6 heteroatoms. The second kappa shape index (κ2) is 8.42. The zero-order valence-corrected chi connectivity index (χ0v) is 17.4. The summed E-state index contributed by atoms with van der Waals surface area (Å²) in [6, 6.07) is 3.88. The number of hydrogen-bond acceptors (Lipinski definition) is 5. The number of carbonyl (C=O) groups is 1. The van der Waals surface area contributed by atoms with Crippen LogP contribution < -0.4 is 9.47 Å². The Hall–Kier alpha value is -1.95. The highest BCUT2D eigenvalue weighted by Crippen LogP contribution is 2.57. The Labute approximate surface area is 172 Å². The molecule has 1 atom stereocenters. The average Bonchev–Trinajstić information content (AvgIpc) is 2.73. The molecule has 2 saturated carbocycles. The number of ether oxygens (including phenoxy) is 4. The molecule has 0 aromatic heterocycles. The summed E-state index contributed by atoms with van der Waals surface area (Å²) in [5.41, 5.74) is 1.57. The maximum absolute atomic E-state index is 11.3. The minimum atomic E-state index is -1.39. The van der Waals surface area contributed by atoms with Crippen molar-refractivity contribution >= 4 is 6.16 Å². The van der Waals surface area contributed by atoms with Gasteiger partial charge in [-0.1, -0.05) is 38.5 Å². The number of benzene rings is 1. The van der Waals surface area contributed by atoms with Crippen LogP contribution in [-0.2, 0) is 15.1 Å². The first-order valence-corrected chi connectivity index (χ1v) is 11.0. The highest BCUT2D eigenvalue weighted by Gasteiger charge is 2.55. The lowest BCUT2D eigenvalue weighted by atomic mass is 9.62. The van der Waals surface area contributed by atoms with Crippen LogP contribution in [0.5, 0.6) is 11.5 Å². The summed E-state index contributed by atoms with van der Waals surface area (Å²) in [7, 11) is 1.63. The molecule has 0 saturated heterocycles. The van der Waals surface area contributed by atoms with Crippen molar-refractivity contribution in [3.8, 4) is 11.5 Å². The van der Waals surface area contributed by atoms with Crippen molar-refractivity contribution in [2.45, 2.75) is 83.2 Å². The van der Waals surface area contributed by atoms with Crippen LogP contribution in [0.3, 0.4) is 0 Å². The molecular formula is C23H32O6. The summed E-state index contributed by atoms with van der Waals surface area (Å²) in [6.07, 6.45) is 10.2. The molecule has 1 aromatic rings. The van der Waals surface area contributed by atoms with Crippen LogP contribution in [-0.4, -0.2) is 24.8 Å². The van der Waals surface area contributed by atoms with Crippen molar-refractivity contribution in [3.63, 3.8) is 0 Å². The number of carboxylic acid groups (broad SMARTS) is 1. The maximum Gasteiger partial charge on any atom is 0.510 e. The van der Waals surface area contributed by atoms with E-state index in [-0.39, 0.29) is 0 Å². The Bertz CT molecular complexity index is 715. The Kier molecular flexibility index (Phi) is 5.91. The largest absolute Gasteiger partial charge is 0.510 e. The third kappa shape index (κ3) is 3.79. The molecule has 0 bridgehead atoms. The van der Waals surface area contributed by atoms with E-state index in [0.29, 0.717) is 23.3 Å². The summed E-state index contributed by atoms with van der Waals surface area (Å²) in [4.78, 5) is 11.3. The summed E-state index contributed by atoms with van der Waals surface area (Å²) >= 11 is 0. The van der Waals surface area contributed by atoms with Gasteiger partial charge in [-0.15, -0.1) is 0 Å². The van der Waals surface area contributed by atoms with Crippen molar-refractivity contribution < 1.29 is 28.8 Å². The van der Waals surface area contributed by atoms with Crippen LogP contribution in [0.25, 0.3) is 0 Å². The van der Waals surface area contributed by atoms with Gasteiger partial charge in [0.05, 0.1) is 7.11 Å². The van der Waals surface area contributed by atoms with Crippen molar-refractivity contribution in [2.24, 2.45) is 11.8 Å². The molecule has 1 heterocycles. The van der Waals surface area contributed by atoms with Gasteiger partial charge in [-0.25, -0.2) is 4.79 Å². The number of fused-ring (bicyclic) bond motifs is 1. The van der Waals surface area contributed by atoms with Gasteiger partial charge in [-0.2, -0.15) is 0 Å². The molecule has 1 unspecified atom stereocenters. The van der Waals surface area contributed by atoms with E-state index in [9.17, 15) is 9.90 Å². The first-order chi connectivity index (χ1) is 14.0. The van der Waals surface area contributed by atoms with E-state index in [2.05, 4.69) is 6.92 Å². The Balaban J connectivity index is 1.87. The van der Waals surface area contributed by atoms with Gasteiger partial charge < -0.3 is 19.3 Å². The number of rotatable bonds is 4. The zero-order valence-electron chi connectivity index (χ0n) is 17.4. The highest BCUT2D eigenvalue weighted by molar-refractivity contribution is 5.57. The molecular weight excluding hydrogens is 372 g/mol. The van der Waals surface area contributed by atoms with Crippen molar-refractivity contribution in [2.75, 3.05) is 7.11 Å². The maximum atomic E-state index is 11.3.